The third kappa shape index (κ3) is 4.76. The van der Waals surface area contributed by atoms with Gasteiger partial charge >= 0.3 is 0 Å². The van der Waals surface area contributed by atoms with E-state index in [0.717, 1.165) is 12.1 Å². The first-order valence-corrected chi connectivity index (χ1v) is 7.63. The Morgan fingerprint density at radius 2 is 1.96 bits per heavy atom. The zero-order valence-electron chi connectivity index (χ0n) is 13.3. The molecule has 0 aliphatic heterocycles. The molecule has 0 heterocycles. The highest BCUT2D eigenvalue weighted by Gasteiger charge is 2.09. The Balaban J connectivity index is 1.96. The van der Waals surface area contributed by atoms with Crippen LogP contribution >= 0.6 is 0 Å². The van der Waals surface area contributed by atoms with Crippen LogP contribution in [0, 0.1) is 11.6 Å². The molecule has 0 aliphatic rings. The fraction of sp³-hybridized carbons (Fsp3) is 0.278. The molecule has 0 unspecified atom stereocenters. The van der Waals surface area contributed by atoms with Crippen molar-refractivity contribution in [3.8, 4) is 5.75 Å². The molecule has 128 valence electrons. The molecule has 0 radical (unpaired) electrons. The number of hydrogen-bond acceptors (Lipinski definition) is 3. The normalized spacial score (nSPS) is 10.5. The Morgan fingerprint density at radius 3 is 2.62 bits per heavy atom. The van der Waals surface area contributed by atoms with Gasteiger partial charge in [-0.1, -0.05) is 6.07 Å². The number of aliphatic hydroxyl groups is 1. The van der Waals surface area contributed by atoms with Gasteiger partial charge in [-0.3, -0.25) is 4.79 Å². The first kappa shape index (κ1) is 17.9. The summed E-state index contributed by atoms with van der Waals surface area (Å²) in [6, 6.07) is 8.26. The van der Waals surface area contributed by atoms with Gasteiger partial charge in [0.2, 0.25) is 5.91 Å². The molecule has 0 spiro atoms. The van der Waals surface area contributed by atoms with Crippen LogP contribution in [0.15, 0.2) is 36.4 Å². The summed E-state index contributed by atoms with van der Waals surface area (Å²) in [6.45, 7) is 2.10. The molecule has 2 rings (SSSR count). The number of hydrogen-bond donors (Lipinski definition) is 2. The molecule has 2 aromatic carbocycles. The molecule has 24 heavy (non-hydrogen) atoms. The summed E-state index contributed by atoms with van der Waals surface area (Å²) in [7, 11) is 0. The molecule has 4 nitrogen and oxygen atoms in total. The third-order valence-corrected chi connectivity index (χ3v) is 3.45. The average Bonchev–Trinajstić information content (AvgIpc) is 2.55. The fourth-order valence-corrected chi connectivity index (χ4v) is 2.27. The van der Waals surface area contributed by atoms with E-state index in [1.807, 2.05) is 6.92 Å². The number of nitrogens with one attached hydrogen (secondary N) is 1. The van der Waals surface area contributed by atoms with Crippen molar-refractivity contribution in [1.29, 1.82) is 0 Å². The van der Waals surface area contributed by atoms with Crippen LogP contribution in [0.2, 0.25) is 0 Å². The molecular weight excluding hydrogens is 316 g/mol. The molecule has 0 saturated heterocycles. The van der Waals surface area contributed by atoms with E-state index in [9.17, 15) is 18.7 Å². The van der Waals surface area contributed by atoms with Gasteiger partial charge in [-0.25, -0.2) is 8.78 Å². The van der Waals surface area contributed by atoms with Gasteiger partial charge in [0.05, 0.1) is 13.2 Å². The van der Waals surface area contributed by atoms with Crippen LogP contribution in [-0.4, -0.2) is 17.6 Å². The SMILES string of the molecule is CCOc1ccc(NC(=O)CCc2ccc(F)cc2F)cc1CO. The predicted octanol–water partition coefficient (Wildman–Crippen LogP) is 3.43. The lowest BCUT2D eigenvalue weighted by atomic mass is 10.1. The molecule has 1 amide bonds. The number of aryl methyl sites for hydroxylation is 1. The minimum atomic E-state index is -0.661. The summed E-state index contributed by atoms with van der Waals surface area (Å²) in [5.74, 6) is -1.05. The van der Waals surface area contributed by atoms with E-state index >= 15 is 0 Å². The van der Waals surface area contributed by atoms with Crippen molar-refractivity contribution < 1.29 is 23.4 Å². The van der Waals surface area contributed by atoms with Gasteiger partial charge in [0.1, 0.15) is 17.4 Å². The second-order valence-corrected chi connectivity index (χ2v) is 5.20. The number of rotatable bonds is 7. The van der Waals surface area contributed by atoms with Crippen LogP contribution < -0.4 is 10.1 Å². The van der Waals surface area contributed by atoms with Gasteiger partial charge in [-0.15, -0.1) is 0 Å². The highest BCUT2D eigenvalue weighted by molar-refractivity contribution is 5.91. The maximum absolute atomic E-state index is 13.5. The second-order valence-electron chi connectivity index (χ2n) is 5.20. The number of halogens is 2. The van der Waals surface area contributed by atoms with E-state index in [2.05, 4.69) is 5.32 Å². The van der Waals surface area contributed by atoms with E-state index in [1.165, 1.54) is 6.07 Å². The van der Waals surface area contributed by atoms with Gasteiger partial charge in [0.15, 0.2) is 0 Å². The summed E-state index contributed by atoms with van der Waals surface area (Å²) in [6.07, 6.45) is 0.228. The largest absolute Gasteiger partial charge is 0.494 e. The van der Waals surface area contributed by atoms with Gasteiger partial charge < -0.3 is 15.2 Å². The monoisotopic (exact) mass is 335 g/mol. The predicted molar refractivity (Wildman–Crippen MR) is 86.8 cm³/mol. The summed E-state index contributed by atoms with van der Waals surface area (Å²) in [5.41, 5.74) is 1.38. The van der Waals surface area contributed by atoms with Crippen LogP contribution in [-0.2, 0) is 17.8 Å². The Bertz CT molecular complexity index is 719. The van der Waals surface area contributed by atoms with Crippen LogP contribution in [0.3, 0.4) is 0 Å². The lowest BCUT2D eigenvalue weighted by Gasteiger charge is -2.11. The van der Waals surface area contributed by atoms with Gasteiger partial charge in [-0.05, 0) is 43.2 Å². The Labute approximate surface area is 139 Å². The Morgan fingerprint density at radius 1 is 1.17 bits per heavy atom. The fourth-order valence-electron chi connectivity index (χ4n) is 2.27. The number of benzene rings is 2. The van der Waals surface area contributed by atoms with Crippen LogP contribution in [0.1, 0.15) is 24.5 Å². The lowest BCUT2D eigenvalue weighted by molar-refractivity contribution is -0.116. The molecule has 0 bridgehead atoms. The van der Waals surface area contributed by atoms with Crippen molar-refractivity contribution in [2.24, 2.45) is 0 Å². The summed E-state index contributed by atoms with van der Waals surface area (Å²) >= 11 is 0. The number of carbonyl (C=O) groups is 1. The Hall–Kier alpha value is -2.47. The van der Waals surface area contributed by atoms with E-state index in [1.54, 1.807) is 18.2 Å². The van der Waals surface area contributed by atoms with Gasteiger partial charge in [0.25, 0.3) is 0 Å². The first-order valence-electron chi connectivity index (χ1n) is 7.63. The quantitative estimate of drug-likeness (QED) is 0.815. The molecule has 0 aromatic heterocycles. The third-order valence-electron chi connectivity index (χ3n) is 3.45. The molecule has 0 fully saturated rings. The number of amides is 1. The van der Waals surface area contributed by atoms with Crippen molar-refractivity contribution in [2.75, 3.05) is 11.9 Å². The van der Waals surface area contributed by atoms with E-state index < -0.39 is 11.6 Å². The lowest BCUT2D eigenvalue weighted by Crippen LogP contribution is -2.13. The van der Waals surface area contributed by atoms with E-state index in [4.69, 9.17) is 4.74 Å². The maximum atomic E-state index is 13.5. The van der Waals surface area contributed by atoms with Crippen LogP contribution in [0.4, 0.5) is 14.5 Å². The smallest absolute Gasteiger partial charge is 0.224 e. The number of aliphatic hydroxyl groups excluding tert-OH is 1. The van der Waals surface area contributed by atoms with Crippen LogP contribution in [0.25, 0.3) is 0 Å². The van der Waals surface area contributed by atoms with Crippen LogP contribution in [0.5, 0.6) is 5.75 Å². The van der Waals surface area contributed by atoms with Gasteiger partial charge in [0, 0.05) is 23.7 Å². The standard InChI is InChI=1S/C18H19F2NO3/c1-2-24-17-7-6-15(9-13(17)11-22)21-18(23)8-4-12-3-5-14(19)10-16(12)20/h3,5-7,9-10,22H,2,4,8,11H2,1H3,(H,21,23). The number of carbonyl (C=O) groups excluding carboxylic acids is 1. The zero-order chi connectivity index (χ0) is 17.5. The molecular formula is C18H19F2NO3. The summed E-state index contributed by atoms with van der Waals surface area (Å²) < 4.78 is 31.7. The first-order chi connectivity index (χ1) is 11.5. The second kappa shape index (κ2) is 8.40. The minimum Gasteiger partial charge on any atom is -0.494 e. The van der Waals surface area contributed by atoms with Gasteiger partial charge in [-0.2, -0.15) is 0 Å². The summed E-state index contributed by atoms with van der Waals surface area (Å²) in [4.78, 5) is 12.0. The molecule has 2 N–H and O–H groups in total. The molecule has 6 heteroatoms. The summed E-state index contributed by atoms with van der Waals surface area (Å²) in [5, 5.41) is 12.0. The molecule has 0 saturated carbocycles. The van der Waals surface area contributed by atoms with Crippen molar-refractivity contribution in [3.63, 3.8) is 0 Å². The van der Waals surface area contributed by atoms with Crippen molar-refractivity contribution in [3.05, 3.63) is 59.2 Å². The molecule has 0 aliphatic carbocycles. The number of anilines is 1. The van der Waals surface area contributed by atoms with Crippen molar-refractivity contribution >= 4 is 11.6 Å². The minimum absolute atomic E-state index is 0.0597. The van der Waals surface area contributed by atoms with Crippen molar-refractivity contribution in [1.82, 2.24) is 0 Å². The van der Waals surface area contributed by atoms with Crippen molar-refractivity contribution in [2.45, 2.75) is 26.4 Å². The maximum Gasteiger partial charge on any atom is 0.224 e. The molecule has 0 atom stereocenters. The Kier molecular flexibility index (Phi) is 6.26. The van der Waals surface area contributed by atoms with E-state index in [-0.39, 0.29) is 30.9 Å². The zero-order valence-corrected chi connectivity index (χ0v) is 13.3. The topological polar surface area (TPSA) is 58.6 Å². The van der Waals surface area contributed by atoms with E-state index in [0.29, 0.717) is 23.6 Å². The highest BCUT2D eigenvalue weighted by atomic mass is 19.1. The average molecular weight is 335 g/mol. The highest BCUT2D eigenvalue weighted by Crippen LogP contribution is 2.23. The molecule has 2 aromatic rings. The number of ether oxygens (including phenoxy) is 1.